The largest absolute Gasteiger partial charge is 0.399 e. The van der Waals surface area contributed by atoms with Crippen LogP contribution in [0.4, 0.5) is 11.5 Å². The summed E-state index contributed by atoms with van der Waals surface area (Å²) in [4.78, 5) is 6.60. The van der Waals surface area contributed by atoms with Gasteiger partial charge in [-0.25, -0.2) is 4.98 Å². The summed E-state index contributed by atoms with van der Waals surface area (Å²) >= 11 is 0. The molecule has 3 N–H and O–H groups in total. The van der Waals surface area contributed by atoms with E-state index in [9.17, 15) is 0 Å². The smallest absolute Gasteiger partial charge is 0.130 e. The highest BCUT2D eigenvalue weighted by atomic mass is 15.2. The second kappa shape index (κ2) is 4.28. The Morgan fingerprint density at radius 1 is 1.36 bits per heavy atom. The number of nitrogen functional groups attached to an aromatic ring is 1. The lowest BCUT2D eigenvalue weighted by Gasteiger charge is -2.20. The third-order valence-electron chi connectivity index (χ3n) is 2.43. The quantitative estimate of drug-likeness (QED) is 0.679. The zero-order valence-corrected chi connectivity index (χ0v) is 8.24. The van der Waals surface area contributed by atoms with Gasteiger partial charge in [0.1, 0.15) is 5.82 Å². The minimum Gasteiger partial charge on any atom is -0.399 e. The zero-order valence-electron chi connectivity index (χ0n) is 8.24. The van der Waals surface area contributed by atoms with E-state index >= 15 is 0 Å². The molecule has 0 spiro atoms. The number of anilines is 2. The maximum absolute atomic E-state index is 5.72. The number of nitrogens with two attached hydrogens (primary N) is 1. The molecule has 0 radical (unpaired) electrons. The fraction of sp³-hybridized carbons (Fsp3) is 0.500. The van der Waals surface area contributed by atoms with Crippen LogP contribution in [-0.4, -0.2) is 31.2 Å². The Balaban J connectivity index is 2.12. The maximum atomic E-state index is 5.72. The Labute approximate surface area is 84.1 Å². The molecule has 1 aromatic rings. The average Bonchev–Trinajstić information content (AvgIpc) is 2.45. The number of pyridine rings is 1. The number of rotatable bonds is 1. The van der Waals surface area contributed by atoms with Gasteiger partial charge >= 0.3 is 0 Å². The number of hydrogen-bond donors (Lipinski definition) is 2. The van der Waals surface area contributed by atoms with Crippen LogP contribution in [0, 0.1) is 0 Å². The molecule has 0 unspecified atom stereocenters. The van der Waals surface area contributed by atoms with Crippen molar-refractivity contribution in [2.45, 2.75) is 6.42 Å². The van der Waals surface area contributed by atoms with Gasteiger partial charge in [0.15, 0.2) is 0 Å². The van der Waals surface area contributed by atoms with Crippen molar-refractivity contribution in [3.8, 4) is 0 Å². The van der Waals surface area contributed by atoms with Crippen molar-refractivity contribution in [1.29, 1.82) is 0 Å². The molecule has 0 aliphatic carbocycles. The van der Waals surface area contributed by atoms with Crippen LogP contribution in [-0.2, 0) is 0 Å². The first-order valence-electron chi connectivity index (χ1n) is 5.03. The van der Waals surface area contributed by atoms with Crippen LogP contribution in [0.25, 0.3) is 0 Å². The predicted molar refractivity (Wildman–Crippen MR) is 58.3 cm³/mol. The molecule has 0 saturated carbocycles. The van der Waals surface area contributed by atoms with Gasteiger partial charge in [0.05, 0.1) is 0 Å². The summed E-state index contributed by atoms with van der Waals surface area (Å²) in [7, 11) is 0. The standard InChI is InChI=1S/C10H16N4/c11-9-2-4-13-10(8-9)14-6-1-3-12-5-7-14/h2,4,8,12H,1,3,5-7H2,(H2,11,13). The zero-order chi connectivity index (χ0) is 9.80. The summed E-state index contributed by atoms with van der Waals surface area (Å²) in [6.07, 6.45) is 2.93. The Morgan fingerprint density at radius 3 is 3.14 bits per heavy atom. The molecule has 1 saturated heterocycles. The highest BCUT2D eigenvalue weighted by Gasteiger charge is 2.09. The molecule has 2 rings (SSSR count). The molecule has 0 aromatic carbocycles. The fourth-order valence-corrected chi connectivity index (χ4v) is 1.68. The first-order valence-corrected chi connectivity index (χ1v) is 5.03. The molecule has 0 amide bonds. The van der Waals surface area contributed by atoms with Gasteiger partial charge < -0.3 is 16.0 Å². The fourth-order valence-electron chi connectivity index (χ4n) is 1.68. The second-order valence-electron chi connectivity index (χ2n) is 3.54. The SMILES string of the molecule is Nc1ccnc(N2CCCNCC2)c1. The third-order valence-corrected chi connectivity index (χ3v) is 2.43. The van der Waals surface area contributed by atoms with Crippen LogP contribution >= 0.6 is 0 Å². The lowest BCUT2D eigenvalue weighted by molar-refractivity contribution is 0.724. The van der Waals surface area contributed by atoms with E-state index in [0.29, 0.717) is 0 Å². The van der Waals surface area contributed by atoms with Crippen molar-refractivity contribution in [3.05, 3.63) is 18.3 Å². The molecule has 2 heterocycles. The average molecular weight is 192 g/mol. The minimum absolute atomic E-state index is 0.784. The van der Waals surface area contributed by atoms with Crippen molar-refractivity contribution in [1.82, 2.24) is 10.3 Å². The number of nitrogens with zero attached hydrogens (tertiary/aromatic N) is 2. The van der Waals surface area contributed by atoms with Gasteiger partial charge in [-0.15, -0.1) is 0 Å². The molecule has 1 aliphatic heterocycles. The molecule has 0 bridgehead atoms. The van der Waals surface area contributed by atoms with E-state index in [1.165, 1.54) is 0 Å². The highest BCUT2D eigenvalue weighted by Crippen LogP contribution is 2.14. The molecular weight excluding hydrogens is 176 g/mol. The van der Waals surface area contributed by atoms with Gasteiger partial charge in [0.25, 0.3) is 0 Å². The lowest BCUT2D eigenvalue weighted by Crippen LogP contribution is -2.28. The summed E-state index contributed by atoms with van der Waals surface area (Å²) in [5.74, 6) is 0.994. The van der Waals surface area contributed by atoms with Gasteiger partial charge in [-0.3, -0.25) is 0 Å². The minimum atomic E-state index is 0.784. The van der Waals surface area contributed by atoms with E-state index in [4.69, 9.17) is 5.73 Å². The van der Waals surface area contributed by atoms with E-state index in [1.807, 2.05) is 12.1 Å². The molecule has 1 fully saturated rings. The number of nitrogens with one attached hydrogen (secondary N) is 1. The van der Waals surface area contributed by atoms with E-state index < -0.39 is 0 Å². The van der Waals surface area contributed by atoms with Crippen molar-refractivity contribution < 1.29 is 0 Å². The van der Waals surface area contributed by atoms with Gasteiger partial charge in [-0.05, 0) is 19.0 Å². The van der Waals surface area contributed by atoms with E-state index in [-0.39, 0.29) is 0 Å². The molecule has 1 aromatic heterocycles. The van der Waals surface area contributed by atoms with Gasteiger partial charge in [0.2, 0.25) is 0 Å². The van der Waals surface area contributed by atoms with Crippen LogP contribution in [0.5, 0.6) is 0 Å². The molecule has 1 aliphatic rings. The highest BCUT2D eigenvalue weighted by molar-refractivity contribution is 5.50. The van der Waals surface area contributed by atoms with Crippen LogP contribution in [0.1, 0.15) is 6.42 Å². The molecule has 4 nitrogen and oxygen atoms in total. The monoisotopic (exact) mass is 192 g/mol. The first kappa shape index (κ1) is 9.27. The molecule has 76 valence electrons. The lowest BCUT2D eigenvalue weighted by atomic mass is 10.3. The van der Waals surface area contributed by atoms with Gasteiger partial charge in [0, 0.05) is 37.6 Å². The summed E-state index contributed by atoms with van der Waals surface area (Å²) in [5, 5.41) is 3.36. The summed E-state index contributed by atoms with van der Waals surface area (Å²) in [6, 6.07) is 3.75. The van der Waals surface area contributed by atoms with Crippen LogP contribution in [0.15, 0.2) is 18.3 Å². The van der Waals surface area contributed by atoms with Crippen molar-refractivity contribution in [3.63, 3.8) is 0 Å². The van der Waals surface area contributed by atoms with Crippen molar-refractivity contribution in [2.24, 2.45) is 0 Å². The summed E-state index contributed by atoms with van der Waals surface area (Å²) in [5.41, 5.74) is 6.51. The third kappa shape index (κ3) is 2.14. The topological polar surface area (TPSA) is 54.2 Å². The van der Waals surface area contributed by atoms with Crippen LogP contribution < -0.4 is 16.0 Å². The molecule has 14 heavy (non-hydrogen) atoms. The molecule has 0 atom stereocenters. The van der Waals surface area contributed by atoms with E-state index in [0.717, 1.165) is 44.1 Å². The Bertz CT molecular complexity index is 292. The Morgan fingerprint density at radius 2 is 2.29 bits per heavy atom. The van der Waals surface area contributed by atoms with Crippen LogP contribution in [0.2, 0.25) is 0 Å². The second-order valence-corrected chi connectivity index (χ2v) is 3.54. The normalized spacial score (nSPS) is 17.9. The van der Waals surface area contributed by atoms with Crippen molar-refractivity contribution in [2.75, 3.05) is 36.8 Å². The molecular formula is C10H16N4. The van der Waals surface area contributed by atoms with Gasteiger partial charge in [-0.1, -0.05) is 0 Å². The molecule has 4 heteroatoms. The van der Waals surface area contributed by atoms with Gasteiger partial charge in [-0.2, -0.15) is 0 Å². The van der Waals surface area contributed by atoms with E-state index in [2.05, 4.69) is 15.2 Å². The Kier molecular flexibility index (Phi) is 2.84. The van der Waals surface area contributed by atoms with Crippen LogP contribution in [0.3, 0.4) is 0 Å². The Hall–Kier alpha value is -1.29. The first-order chi connectivity index (χ1) is 6.86. The predicted octanol–water partition coefficient (Wildman–Crippen LogP) is 0.463. The summed E-state index contributed by atoms with van der Waals surface area (Å²) < 4.78 is 0. The van der Waals surface area contributed by atoms with Crippen molar-refractivity contribution >= 4 is 11.5 Å². The number of hydrogen-bond acceptors (Lipinski definition) is 4. The number of aromatic nitrogens is 1. The summed E-state index contributed by atoms with van der Waals surface area (Å²) in [6.45, 7) is 4.19. The van der Waals surface area contributed by atoms with E-state index in [1.54, 1.807) is 6.20 Å². The maximum Gasteiger partial charge on any atom is 0.130 e.